The fraction of sp³-hybridized carbons (Fsp3) is 0.333. The van der Waals surface area contributed by atoms with Crippen molar-refractivity contribution in [3.63, 3.8) is 0 Å². The van der Waals surface area contributed by atoms with Crippen LogP contribution in [0.5, 0.6) is 0 Å². The molecule has 0 bridgehead atoms. The van der Waals surface area contributed by atoms with Crippen molar-refractivity contribution in [3.05, 3.63) is 35.4 Å². The number of nitrogens with one attached hydrogen (secondary N) is 1. The van der Waals surface area contributed by atoms with Crippen LogP contribution in [0.4, 0.5) is 0 Å². The largest absolute Gasteiger partial charge is 0.342 e. The van der Waals surface area contributed by atoms with Gasteiger partial charge in [-0.2, -0.15) is 5.10 Å². The number of imidazole rings is 1. The molecule has 0 radical (unpaired) electrons. The summed E-state index contributed by atoms with van der Waals surface area (Å²) < 4.78 is 1.92. The number of H-pyrrole nitrogens is 1. The highest BCUT2D eigenvalue weighted by atomic mass is 15.3. The molecule has 3 aromatic rings. The Morgan fingerprint density at radius 1 is 1.30 bits per heavy atom. The van der Waals surface area contributed by atoms with Crippen LogP contribution >= 0.6 is 0 Å². The summed E-state index contributed by atoms with van der Waals surface area (Å²) in [5.74, 6) is 0.933. The number of nitrogens with zero attached hydrogens (tertiary/aromatic N) is 3. The van der Waals surface area contributed by atoms with Crippen LogP contribution < -0.4 is 5.73 Å². The maximum absolute atomic E-state index is 5.70. The first-order valence-electron chi connectivity index (χ1n) is 6.79. The lowest BCUT2D eigenvalue weighted by atomic mass is 10.0. The van der Waals surface area contributed by atoms with E-state index in [0.717, 1.165) is 40.2 Å². The molecule has 3 rings (SSSR count). The molecule has 1 aromatic carbocycles. The quantitative estimate of drug-likeness (QED) is 0.764. The van der Waals surface area contributed by atoms with Crippen molar-refractivity contribution in [3.8, 4) is 11.1 Å². The van der Waals surface area contributed by atoms with Crippen molar-refractivity contribution in [2.45, 2.75) is 20.3 Å². The van der Waals surface area contributed by atoms with E-state index in [2.05, 4.69) is 34.1 Å². The summed E-state index contributed by atoms with van der Waals surface area (Å²) in [5, 5.41) is 4.57. The SMILES string of the molecule is Cc1nc2ccc(-c3c(CCN)nn(C)c3C)cc2[nH]1. The molecule has 2 heterocycles. The van der Waals surface area contributed by atoms with E-state index in [9.17, 15) is 0 Å². The zero-order chi connectivity index (χ0) is 14.3. The monoisotopic (exact) mass is 269 g/mol. The summed E-state index contributed by atoms with van der Waals surface area (Å²) in [6.07, 6.45) is 0.789. The minimum absolute atomic E-state index is 0.606. The normalized spacial score (nSPS) is 11.4. The highest BCUT2D eigenvalue weighted by molar-refractivity contribution is 5.83. The number of aromatic amines is 1. The van der Waals surface area contributed by atoms with Crippen LogP contribution in [-0.4, -0.2) is 26.3 Å². The van der Waals surface area contributed by atoms with E-state index in [1.807, 2.05) is 24.7 Å². The summed E-state index contributed by atoms with van der Waals surface area (Å²) >= 11 is 0. The molecule has 104 valence electrons. The van der Waals surface area contributed by atoms with Crippen LogP contribution in [0, 0.1) is 13.8 Å². The predicted octanol–water partition coefficient (Wildman–Crippen LogP) is 2.08. The van der Waals surface area contributed by atoms with Crippen molar-refractivity contribution in [1.82, 2.24) is 19.7 Å². The second-order valence-corrected chi connectivity index (χ2v) is 5.12. The van der Waals surface area contributed by atoms with Gasteiger partial charge in [-0.25, -0.2) is 4.98 Å². The van der Waals surface area contributed by atoms with E-state index in [4.69, 9.17) is 5.73 Å². The van der Waals surface area contributed by atoms with E-state index >= 15 is 0 Å². The van der Waals surface area contributed by atoms with Gasteiger partial charge in [0.2, 0.25) is 0 Å². The second-order valence-electron chi connectivity index (χ2n) is 5.12. The third-order valence-corrected chi connectivity index (χ3v) is 3.68. The lowest BCUT2D eigenvalue weighted by Gasteiger charge is -2.04. The van der Waals surface area contributed by atoms with Gasteiger partial charge in [0.05, 0.1) is 16.7 Å². The Bertz CT molecular complexity index is 766. The number of fused-ring (bicyclic) bond motifs is 1. The topological polar surface area (TPSA) is 72.5 Å². The number of rotatable bonds is 3. The van der Waals surface area contributed by atoms with Gasteiger partial charge in [-0.05, 0) is 38.1 Å². The average Bonchev–Trinajstić information content (AvgIpc) is 2.90. The summed E-state index contributed by atoms with van der Waals surface area (Å²) in [6, 6.07) is 6.29. The first kappa shape index (κ1) is 12.9. The molecule has 0 aliphatic heterocycles. The van der Waals surface area contributed by atoms with Gasteiger partial charge in [0.25, 0.3) is 0 Å². The molecule has 0 fully saturated rings. The first-order valence-corrected chi connectivity index (χ1v) is 6.79. The zero-order valence-corrected chi connectivity index (χ0v) is 12.1. The molecule has 0 unspecified atom stereocenters. The zero-order valence-electron chi connectivity index (χ0n) is 12.1. The molecule has 0 amide bonds. The fourth-order valence-corrected chi connectivity index (χ4v) is 2.66. The van der Waals surface area contributed by atoms with E-state index in [-0.39, 0.29) is 0 Å². The average molecular weight is 269 g/mol. The molecule has 0 aliphatic carbocycles. The van der Waals surface area contributed by atoms with Gasteiger partial charge in [0.15, 0.2) is 0 Å². The maximum Gasteiger partial charge on any atom is 0.104 e. The molecular formula is C15H19N5. The third-order valence-electron chi connectivity index (χ3n) is 3.68. The Balaban J connectivity index is 2.18. The summed E-state index contributed by atoms with van der Waals surface area (Å²) in [7, 11) is 1.97. The number of benzene rings is 1. The van der Waals surface area contributed by atoms with Gasteiger partial charge in [-0.3, -0.25) is 4.68 Å². The van der Waals surface area contributed by atoms with Crippen LogP contribution in [0.25, 0.3) is 22.2 Å². The third kappa shape index (κ3) is 2.00. The molecule has 20 heavy (non-hydrogen) atoms. The molecular weight excluding hydrogens is 250 g/mol. The summed E-state index contributed by atoms with van der Waals surface area (Å²) in [5.41, 5.74) is 12.3. The van der Waals surface area contributed by atoms with Gasteiger partial charge >= 0.3 is 0 Å². The van der Waals surface area contributed by atoms with E-state index in [0.29, 0.717) is 6.54 Å². The second kappa shape index (κ2) is 4.76. The number of aryl methyl sites for hydroxylation is 2. The smallest absolute Gasteiger partial charge is 0.104 e. The Morgan fingerprint density at radius 3 is 2.85 bits per heavy atom. The molecule has 5 nitrogen and oxygen atoms in total. The Labute approximate surface area is 117 Å². The number of nitrogens with two attached hydrogens (primary N) is 1. The molecule has 5 heteroatoms. The summed E-state index contributed by atoms with van der Waals surface area (Å²) in [6.45, 7) is 4.66. The Morgan fingerprint density at radius 2 is 2.10 bits per heavy atom. The van der Waals surface area contributed by atoms with E-state index < -0.39 is 0 Å². The highest BCUT2D eigenvalue weighted by Crippen LogP contribution is 2.29. The van der Waals surface area contributed by atoms with E-state index in [1.165, 1.54) is 5.56 Å². The predicted molar refractivity (Wildman–Crippen MR) is 80.5 cm³/mol. The van der Waals surface area contributed by atoms with E-state index in [1.54, 1.807) is 0 Å². The van der Waals surface area contributed by atoms with Crippen LogP contribution in [0.2, 0.25) is 0 Å². The number of hydrogen-bond acceptors (Lipinski definition) is 3. The van der Waals surface area contributed by atoms with Gasteiger partial charge in [-0.1, -0.05) is 6.07 Å². The Kier molecular flexibility index (Phi) is 3.06. The van der Waals surface area contributed by atoms with Crippen LogP contribution in [0.15, 0.2) is 18.2 Å². The van der Waals surface area contributed by atoms with Crippen LogP contribution in [0.3, 0.4) is 0 Å². The van der Waals surface area contributed by atoms with Gasteiger partial charge in [0.1, 0.15) is 5.82 Å². The van der Waals surface area contributed by atoms with Gasteiger partial charge < -0.3 is 10.7 Å². The number of hydrogen-bond donors (Lipinski definition) is 2. The molecule has 0 aliphatic rings. The standard InChI is InChI=1S/C15H19N5/c1-9-15(13(6-7-16)19-20(9)3)11-4-5-12-14(8-11)18-10(2)17-12/h4-5,8H,6-7,16H2,1-3H3,(H,17,18). The van der Waals surface area contributed by atoms with Crippen LogP contribution in [-0.2, 0) is 13.5 Å². The highest BCUT2D eigenvalue weighted by Gasteiger charge is 2.15. The Hall–Kier alpha value is -2.14. The molecule has 0 saturated heterocycles. The minimum atomic E-state index is 0.606. The molecule has 0 atom stereocenters. The lowest BCUT2D eigenvalue weighted by molar-refractivity contribution is 0.718. The van der Waals surface area contributed by atoms with Crippen molar-refractivity contribution >= 4 is 11.0 Å². The lowest BCUT2D eigenvalue weighted by Crippen LogP contribution is -2.04. The van der Waals surface area contributed by atoms with Gasteiger partial charge in [-0.15, -0.1) is 0 Å². The van der Waals surface area contributed by atoms with Crippen molar-refractivity contribution in [2.75, 3.05) is 6.54 Å². The van der Waals surface area contributed by atoms with Gasteiger partial charge in [0, 0.05) is 24.7 Å². The van der Waals surface area contributed by atoms with Crippen LogP contribution in [0.1, 0.15) is 17.2 Å². The first-order chi connectivity index (χ1) is 9.60. The van der Waals surface area contributed by atoms with Crippen molar-refractivity contribution < 1.29 is 0 Å². The molecule has 0 spiro atoms. The molecule has 3 N–H and O–H groups in total. The van der Waals surface area contributed by atoms with Crippen molar-refractivity contribution in [1.29, 1.82) is 0 Å². The van der Waals surface area contributed by atoms with Crippen molar-refractivity contribution in [2.24, 2.45) is 12.8 Å². The maximum atomic E-state index is 5.70. The molecule has 2 aromatic heterocycles. The minimum Gasteiger partial charge on any atom is -0.342 e. The number of aromatic nitrogens is 4. The fourth-order valence-electron chi connectivity index (χ4n) is 2.66. The molecule has 0 saturated carbocycles. The summed E-state index contributed by atoms with van der Waals surface area (Å²) in [4.78, 5) is 7.72.